The number of allylic oxidation sites excluding steroid dienone is 1. The maximum Gasteiger partial charge on any atom is 0.143 e. The van der Waals surface area contributed by atoms with Crippen molar-refractivity contribution >= 4 is 60.6 Å². The van der Waals surface area contributed by atoms with Crippen LogP contribution in [0.3, 0.4) is 0 Å². The van der Waals surface area contributed by atoms with Crippen molar-refractivity contribution in [3.05, 3.63) is 126 Å². The second-order valence-electron chi connectivity index (χ2n) is 11.3. The molecular formula is C39H26N2O. The molecule has 9 rings (SSSR count). The quantitative estimate of drug-likeness (QED) is 0.206. The number of fused-ring (bicyclic) bond motifs is 11. The Hall–Kier alpha value is -5.28. The van der Waals surface area contributed by atoms with E-state index in [2.05, 4.69) is 116 Å². The van der Waals surface area contributed by atoms with E-state index in [0.717, 1.165) is 68.5 Å². The summed E-state index contributed by atoms with van der Waals surface area (Å²) in [6, 6.07) is 36.5. The van der Waals surface area contributed by atoms with E-state index in [4.69, 9.17) is 14.4 Å². The number of benzene rings is 6. The van der Waals surface area contributed by atoms with Gasteiger partial charge in [-0.15, -0.1) is 0 Å². The second kappa shape index (κ2) is 8.86. The summed E-state index contributed by atoms with van der Waals surface area (Å²) in [5, 5.41) is 7.20. The highest BCUT2D eigenvalue weighted by atomic mass is 16.3. The lowest BCUT2D eigenvalue weighted by Gasteiger charge is -2.18. The molecule has 0 saturated carbocycles. The minimum absolute atomic E-state index is 0.910. The summed E-state index contributed by atoms with van der Waals surface area (Å²) in [7, 11) is 0. The predicted molar refractivity (Wildman–Crippen MR) is 175 cm³/mol. The van der Waals surface area contributed by atoms with Crippen molar-refractivity contribution in [2.45, 2.75) is 19.8 Å². The lowest BCUT2D eigenvalue weighted by Crippen LogP contribution is -2.02. The number of hydrogen-bond donors (Lipinski definition) is 0. The standard InChI is InChI=1S/C39H26N2O/c1-23-36(41-38-31-15-7-5-13-29(31)28-12-4-6-14-30(28)37(38)40-23)25-20-18-24(19-21-25)33-22-26-10-2-3-11-27(26)35-32-16-8-9-17-34(32)42-39(33)35/h2-3,5-11,13-22H,4,12H2,1H3. The van der Waals surface area contributed by atoms with Crippen LogP contribution < -0.4 is 0 Å². The lowest BCUT2D eigenvalue weighted by atomic mass is 9.90. The zero-order chi connectivity index (χ0) is 27.8. The number of nitrogens with zero attached hydrogens (tertiary/aromatic N) is 2. The third-order valence-electron chi connectivity index (χ3n) is 8.84. The van der Waals surface area contributed by atoms with E-state index >= 15 is 0 Å². The molecule has 8 aromatic rings. The average molecular weight is 539 g/mol. The van der Waals surface area contributed by atoms with E-state index in [1.807, 2.05) is 6.07 Å². The highest BCUT2D eigenvalue weighted by molar-refractivity contribution is 6.22. The van der Waals surface area contributed by atoms with Gasteiger partial charge in [-0.25, -0.2) is 9.97 Å². The molecule has 0 amide bonds. The van der Waals surface area contributed by atoms with Crippen molar-refractivity contribution < 1.29 is 4.42 Å². The van der Waals surface area contributed by atoms with E-state index in [1.165, 1.54) is 38.1 Å². The summed E-state index contributed by atoms with van der Waals surface area (Å²) in [6.45, 7) is 2.07. The molecule has 2 heterocycles. The van der Waals surface area contributed by atoms with Crippen molar-refractivity contribution in [2.75, 3.05) is 0 Å². The van der Waals surface area contributed by atoms with Crippen LogP contribution in [0.2, 0.25) is 0 Å². The van der Waals surface area contributed by atoms with Crippen LogP contribution >= 0.6 is 0 Å². The first-order chi connectivity index (χ1) is 20.7. The van der Waals surface area contributed by atoms with E-state index < -0.39 is 0 Å². The summed E-state index contributed by atoms with van der Waals surface area (Å²) >= 11 is 0. The molecule has 3 heteroatoms. The maximum atomic E-state index is 6.49. The van der Waals surface area contributed by atoms with Gasteiger partial charge in [0.2, 0.25) is 0 Å². The smallest absolute Gasteiger partial charge is 0.143 e. The molecule has 0 aliphatic heterocycles. The molecule has 1 aliphatic carbocycles. The monoisotopic (exact) mass is 538 g/mol. The number of hydrogen-bond acceptors (Lipinski definition) is 3. The first kappa shape index (κ1) is 23.4. The number of aromatic nitrogens is 2. The van der Waals surface area contributed by atoms with Crippen LogP contribution in [0.15, 0.2) is 114 Å². The van der Waals surface area contributed by atoms with Gasteiger partial charge in [0.05, 0.1) is 22.4 Å². The number of rotatable bonds is 2. The summed E-state index contributed by atoms with van der Waals surface area (Å²) < 4.78 is 6.49. The molecule has 1 aliphatic rings. The minimum atomic E-state index is 0.910. The third kappa shape index (κ3) is 3.34. The van der Waals surface area contributed by atoms with Gasteiger partial charge in [0.1, 0.15) is 11.2 Å². The van der Waals surface area contributed by atoms with Crippen LogP contribution in [0.4, 0.5) is 0 Å². The fourth-order valence-electron chi connectivity index (χ4n) is 6.88. The van der Waals surface area contributed by atoms with E-state index in [1.54, 1.807) is 0 Å². The summed E-state index contributed by atoms with van der Waals surface area (Å²) in [6.07, 6.45) is 6.60. The molecule has 198 valence electrons. The Morgan fingerprint density at radius 2 is 1.38 bits per heavy atom. The molecule has 0 fully saturated rings. The van der Waals surface area contributed by atoms with Crippen molar-refractivity contribution in [1.82, 2.24) is 9.97 Å². The molecule has 0 unspecified atom stereocenters. The fraction of sp³-hybridized carbons (Fsp3) is 0.0769. The Labute approximate surface area is 242 Å². The molecule has 0 spiro atoms. The van der Waals surface area contributed by atoms with E-state index in [0.29, 0.717) is 0 Å². The van der Waals surface area contributed by atoms with Gasteiger partial charge in [0, 0.05) is 32.8 Å². The number of para-hydroxylation sites is 1. The molecule has 3 nitrogen and oxygen atoms in total. The molecular weight excluding hydrogens is 512 g/mol. The van der Waals surface area contributed by atoms with Gasteiger partial charge in [-0.05, 0) is 59.2 Å². The molecule has 0 saturated heterocycles. The van der Waals surface area contributed by atoms with Crippen LogP contribution in [0.5, 0.6) is 0 Å². The van der Waals surface area contributed by atoms with Gasteiger partial charge in [0.15, 0.2) is 0 Å². The Balaban J connectivity index is 1.23. The van der Waals surface area contributed by atoms with Gasteiger partial charge in [0.25, 0.3) is 0 Å². The highest BCUT2D eigenvalue weighted by Crippen LogP contribution is 2.42. The third-order valence-corrected chi connectivity index (χ3v) is 8.84. The topological polar surface area (TPSA) is 38.9 Å². The Morgan fingerprint density at radius 3 is 2.24 bits per heavy atom. The van der Waals surface area contributed by atoms with E-state index in [-0.39, 0.29) is 0 Å². The lowest BCUT2D eigenvalue weighted by molar-refractivity contribution is 0.670. The molecule has 0 atom stereocenters. The molecule has 42 heavy (non-hydrogen) atoms. The second-order valence-corrected chi connectivity index (χ2v) is 11.3. The SMILES string of the molecule is Cc1nc2c3c(c4ccccc4c2nc1-c1ccc(-c2cc4ccccc4c4c2oc2ccccc24)cc1)CCC=C3. The molecule has 0 bridgehead atoms. The predicted octanol–water partition coefficient (Wildman–Crippen LogP) is 10.4. The Morgan fingerprint density at radius 1 is 0.667 bits per heavy atom. The molecule has 6 aromatic carbocycles. The molecule has 0 radical (unpaired) electrons. The summed E-state index contributed by atoms with van der Waals surface area (Å²) in [5.74, 6) is 0. The zero-order valence-corrected chi connectivity index (χ0v) is 23.2. The van der Waals surface area contributed by atoms with Gasteiger partial charge in [-0.3, -0.25) is 0 Å². The number of furan rings is 1. The van der Waals surface area contributed by atoms with Gasteiger partial charge in [-0.2, -0.15) is 0 Å². The molecule has 0 N–H and O–H groups in total. The van der Waals surface area contributed by atoms with Crippen molar-refractivity contribution in [3.8, 4) is 22.4 Å². The Kier molecular flexibility index (Phi) is 4.94. The van der Waals surface area contributed by atoms with Gasteiger partial charge in [-0.1, -0.05) is 103 Å². The maximum absolute atomic E-state index is 6.49. The van der Waals surface area contributed by atoms with Crippen molar-refractivity contribution in [1.29, 1.82) is 0 Å². The fourth-order valence-corrected chi connectivity index (χ4v) is 6.88. The van der Waals surface area contributed by atoms with E-state index in [9.17, 15) is 0 Å². The van der Waals surface area contributed by atoms with Crippen molar-refractivity contribution in [2.24, 2.45) is 0 Å². The Bertz CT molecular complexity index is 2410. The number of aryl methyl sites for hydroxylation is 2. The van der Waals surface area contributed by atoms with Crippen LogP contribution in [-0.4, -0.2) is 9.97 Å². The zero-order valence-electron chi connectivity index (χ0n) is 23.2. The van der Waals surface area contributed by atoms with Gasteiger partial charge < -0.3 is 4.42 Å². The largest absolute Gasteiger partial charge is 0.455 e. The van der Waals surface area contributed by atoms with Crippen LogP contribution in [0.1, 0.15) is 23.2 Å². The average Bonchev–Trinajstić information content (AvgIpc) is 3.45. The normalized spacial score (nSPS) is 13.1. The van der Waals surface area contributed by atoms with Crippen LogP contribution in [0, 0.1) is 6.92 Å². The minimum Gasteiger partial charge on any atom is -0.455 e. The summed E-state index contributed by atoms with van der Waals surface area (Å²) in [4.78, 5) is 10.5. The first-order valence-corrected chi connectivity index (χ1v) is 14.6. The molecule has 2 aromatic heterocycles. The van der Waals surface area contributed by atoms with Gasteiger partial charge >= 0.3 is 0 Å². The first-order valence-electron chi connectivity index (χ1n) is 14.6. The van der Waals surface area contributed by atoms with Crippen molar-refractivity contribution in [3.63, 3.8) is 0 Å². The van der Waals surface area contributed by atoms with Crippen LogP contribution in [0.25, 0.3) is 83.0 Å². The highest BCUT2D eigenvalue weighted by Gasteiger charge is 2.20. The van der Waals surface area contributed by atoms with Crippen LogP contribution in [-0.2, 0) is 6.42 Å². The summed E-state index contributed by atoms with van der Waals surface area (Å²) in [5.41, 5.74) is 11.5.